The molecule has 0 spiro atoms. The first-order valence-electron chi connectivity index (χ1n) is 6.50. The van der Waals surface area contributed by atoms with Gasteiger partial charge in [0.25, 0.3) is 5.56 Å². The predicted molar refractivity (Wildman–Crippen MR) is 82.4 cm³/mol. The van der Waals surface area contributed by atoms with Crippen molar-refractivity contribution in [2.45, 2.75) is 20.8 Å². The summed E-state index contributed by atoms with van der Waals surface area (Å²) in [7, 11) is 1.88. The minimum absolute atomic E-state index is 0.189. The van der Waals surface area contributed by atoms with Crippen LogP contribution in [-0.2, 0) is 7.05 Å². The Kier molecular flexibility index (Phi) is 3.21. The topological polar surface area (TPSA) is 76.5 Å². The number of aromatic amines is 1. The first kappa shape index (κ1) is 13.7. The lowest BCUT2D eigenvalue weighted by atomic mass is 10.1. The summed E-state index contributed by atoms with van der Waals surface area (Å²) >= 11 is 1.46. The summed E-state index contributed by atoms with van der Waals surface area (Å²) in [4.78, 5) is 23.6. The first-order valence-corrected chi connectivity index (χ1v) is 7.38. The van der Waals surface area contributed by atoms with Gasteiger partial charge in [0, 0.05) is 35.4 Å². The fourth-order valence-electron chi connectivity index (χ4n) is 2.29. The second-order valence-corrected chi connectivity index (χ2v) is 5.80. The number of thiazole rings is 1. The van der Waals surface area contributed by atoms with Gasteiger partial charge in [0.05, 0.1) is 11.4 Å². The van der Waals surface area contributed by atoms with Gasteiger partial charge in [-0.05, 0) is 20.8 Å². The van der Waals surface area contributed by atoms with E-state index in [1.165, 1.54) is 17.4 Å². The van der Waals surface area contributed by atoms with E-state index in [9.17, 15) is 4.79 Å². The number of nitrogens with one attached hydrogen (secondary N) is 1. The molecular formula is C14H15N5OS. The van der Waals surface area contributed by atoms with Crippen molar-refractivity contribution in [1.82, 2.24) is 24.7 Å². The highest BCUT2D eigenvalue weighted by Crippen LogP contribution is 2.26. The van der Waals surface area contributed by atoms with Crippen LogP contribution in [0.2, 0.25) is 0 Å². The van der Waals surface area contributed by atoms with Crippen LogP contribution in [0.25, 0.3) is 22.1 Å². The number of H-pyrrole nitrogens is 1. The Balaban J connectivity index is 2.21. The van der Waals surface area contributed by atoms with Crippen LogP contribution in [-0.4, -0.2) is 24.7 Å². The van der Waals surface area contributed by atoms with Crippen LogP contribution in [0, 0.1) is 20.8 Å². The number of hydrogen-bond donors (Lipinski definition) is 1. The van der Waals surface area contributed by atoms with Crippen molar-refractivity contribution in [3.8, 4) is 22.1 Å². The molecule has 0 saturated carbocycles. The van der Waals surface area contributed by atoms with Crippen LogP contribution in [0.3, 0.4) is 0 Å². The number of aromatic nitrogens is 5. The van der Waals surface area contributed by atoms with Gasteiger partial charge < -0.3 is 4.98 Å². The summed E-state index contributed by atoms with van der Waals surface area (Å²) in [6.07, 6.45) is 0. The average molecular weight is 301 g/mol. The van der Waals surface area contributed by atoms with Crippen molar-refractivity contribution in [2.24, 2.45) is 7.05 Å². The van der Waals surface area contributed by atoms with E-state index in [4.69, 9.17) is 0 Å². The highest BCUT2D eigenvalue weighted by molar-refractivity contribution is 7.13. The standard InChI is InChI=1S/C14H15N5OS/c1-7-6-21-14(15-7)13-16-10(5-11(20)17-13)12-8(2)18-19(4)9(12)3/h5-6H,1-4H3,(H,16,17,20). The van der Waals surface area contributed by atoms with Crippen LogP contribution < -0.4 is 5.56 Å². The summed E-state index contributed by atoms with van der Waals surface area (Å²) in [6.45, 7) is 5.79. The minimum Gasteiger partial charge on any atom is -0.304 e. The molecule has 0 aromatic carbocycles. The third kappa shape index (κ3) is 2.40. The molecule has 0 fully saturated rings. The molecule has 3 heterocycles. The maximum Gasteiger partial charge on any atom is 0.251 e. The molecule has 0 unspecified atom stereocenters. The van der Waals surface area contributed by atoms with E-state index in [1.807, 2.05) is 33.2 Å². The zero-order chi connectivity index (χ0) is 15.1. The molecule has 0 aliphatic heterocycles. The van der Waals surface area contributed by atoms with E-state index < -0.39 is 0 Å². The maximum atomic E-state index is 11.9. The zero-order valence-corrected chi connectivity index (χ0v) is 13.1. The molecule has 3 aromatic rings. The fourth-order valence-corrected chi connectivity index (χ4v) is 3.03. The molecule has 0 saturated heterocycles. The Hall–Kier alpha value is -2.28. The highest BCUT2D eigenvalue weighted by atomic mass is 32.1. The molecule has 0 radical (unpaired) electrons. The Morgan fingerprint density at radius 1 is 1.24 bits per heavy atom. The van der Waals surface area contributed by atoms with Gasteiger partial charge in [-0.1, -0.05) is 0 Å². The molecule has 0 amide bonds. The van der Waals surface area contributed by atoms with Gasteiger partial charge in [-0.3, -0.25) is 9.48 Å². The smallest absolute Gasteiger partial charge is 0.251 e. The lowest BCUT2D eigenvalue weighted by molar-refractivity contribution is 0.731. The highest BCUT2D eigenvalue weighted by Gasteiger charge is 2.15. The second-order valence-electron chi connectivity index (χ2n) is 4.94. The SMILES string of the molecule is Cc1csc(-c2nc(-c3c(C)nn(C)c3C)cc(=O)[nH]2)n1. The fraction of sp³-hybridized carbons (Fsp3) is 0.286. The molecule has 0 bridgehead atoms. The maximum absolute atomic E-state index is 11.9. The van der Waals surface area contributed by atoms with Gasteiger partial charge in [0.2, 0.25) is 0 Å². The molecular weight excluding hydrogens is 286 g/mol. The molecule has 0 aliphatic carbocycles. The zero-order valence-electron chi connectivity index (χ0n) is 12.3. The van der Waals surface area contributed by atoms with Crippen molar-refractivity contribution in [2.75, 3.05) is 0 Å². The Morgan fingerprint density at radius 2 is 2.00 bits per heavy atom. The third-order valence-corrected chi connectivity index (χ3v) is 4.30. The van der Waals surface area contributed by atoms with Crippen molar-refractivity contribution in [3.63, 3.8) is 0 Å². The Labute approximate surface area is 125 Å². The normalized spacial score (nSPS) is 11.0. The number of rotatable bonds is 2. The molecule has 0 aliphatic rings. The summed E-state index contributed by atoms with van der Waals surface area (Å²) in [5, 5.41) is 7.02. The van der Waals surface area contributed by atoms with Crippen LogP contribution in [0.15, 0.2) is 16.2 Å². The van der Waals surface area contributed by atoms with Gasteiger partial charge in [-0.15, -0.1) is 11.3 Å². The summed E-state index contributed by atoms with van der Waals surface area (Å²) in [5.41, 5.74) is 4.09. The minimum atomic E-state index is -0.189. The van der Waals surface area contributed by atoms with E-state index in [-0.39, 0.29) is 5.56 Å². The summed E-state index contributed by atoms with van der Waals surface area (Å²) < 4.78 is 1.79. The first-order chi connectivity index (χ1) is 9.95. The van der Waals surface area contributed by atoms with E-state index >= 15 is 0 Å². The molecule has 6 nitrogen and oxygen atoms in total. The van der Waals surface area contributed by atoms with Crippen molar-refractivity contribution >= 4 is 11.3 Å². The monoisotopic (exact) mass is 301 g/mol. The van der Waals surface area contributed by atoms with Gasteiger partial charge in [-0.25, -0.2) is 9.97 Å². The van der Waals surface area contributed by atoms with Gasteiger partial charge in [0.15, 0.2) is 10.8 Å². The lowest BCUT2D eigenvalue weighted by Crippen LogP contribution is -2.09. The van der Waals surface area contributed by atoms with Crippen molar-refractivity contribution in [3.05, 3.63) is 38.9 Å². The molecule has 7 heteroatoms. The van der Waals surface area contributed by atoms with Gasteiger partial charge >= 0.3 is 0 Å². The van der Waals surface area contributed by atoms with Gasteiger partial charge in [0.1, 0.15) is 0 Å². The molecule has 1 N–H and O–H groups in total. The lowest BCUT2D eigenvalue weighted by Gasteiger charge is -2.03. The Morgan fingerprint density at radius 3 is 2.57 bits per heavy atom. The average Bonchev–Trinajstić information content (AvgIpc) is 2.94. The van der Waals surface area contributed by atoms with E-state index in [0.717, 1.165) is 22.6 Å². The second kappa shape index (κ2) is 4.92. The van der Waals surface area contributed by atoms with Crippen molar-refractivity contribution < 1.29 is 0 Å². The van der Waals surface area contributed by atoms with E-state index in [2.05, 4.69) is 20.1 Å². The van der Waals surface area contributed by atoms with Gasteiger partial charge in [-0.2, -0.15) is 5.10 Å². The molecule has 3 aromatic heterocycles. The van der Waals surface area contributed by atoms with Crippen LogP contribution in [0.4, 0.5) is 0 Å². The van der Waals surface area contributed by atoms with E-state index in [0.29, 0.717) is 16.5 Å². The molecule has 0 atom stereocenters. The number of hydrogen-bond acceptors (Lipinski definition) is 5. The molecule has 21 heavy (non-hydrogen) atoms. The largest absolute Gasteiger partial charge is 0.304 e. The van der Waals surface area contributed by atoms with E-state index in [1.54, 1.807) is 4.68 Å². The molecule has 108 valence electrons. The third-order valence-electron chi connectivity index (χ3n) is 3.33. The quantitative estimate of drug-likeness (QED) is 0.787. The van der Waals surface area contributed by atoms with Crippen LogP contribution >= 0.6 is 11.3 Å². The van der Waals surface area contributed by atoms with Crippen LogP contribution in [0.5, 0.6) is 0 Å². The number of aryl methyl sites for hydroxylation is 3. The molecule has 3 rings (SSSR count). The summed E-state index contributed by atoms with van der Waals surface area (Å²) in [5.74, 6) is 0.498. The number of nitrogens with zero attached hydrogens (tertiary/aromatic N) is 4. The van der Waals surface area contributed by atoms with Crippen LogP contribution in [0.1, 0.15) is 17.1 Å². The summed E-state index contributed by atoms with van der Waals surface area (Å²) in [6, 6.07) is 1.50. The van der Waals surface area contributed by atoms with Crippen molar-refractivity contribution in [1.29, 1.82) is 0 Å². The predicted octanol–water partition coefficient (Wildman–Crippen LogP) is 2.22. The Bertz CT molecular complexity index is 874.